The molecule has 2 rings (SSSR count). The number of ketones is 1. The lowest BCUT2D eigenvalue weighted by Gasteiger charge is -2.24. The number of carbonyl (C=O) groups excluding carboxylic acids is 1. The van der Waals surface area contributed by atoms with Crippen LogP contribution in [0, 0.1) is 5.92 Å². The van der Waals surface area contributed by atoms with Crippen LogP contribution < -0.4 is 4.74 Å². The maximum absolute atomic E-state index is 11.3. The van der Waals surface area contributed by atoms with Gasteiger partial charge in [-0.1, -0.05) is 12.1 Å². The Labute approximate surface area is 131 Å². The van der Waals surface area contributed by atoms with Gasteiger partial charge < -0.3 is 14.9 Å². The summed E-state index contributed by atoms with van der Waals surface area (Å²) in [5.41, 5.74) is 0.600. The fraction of sp³-hybridized carbons (Fsp3) is 0.588. The fourth-order valence-electron chi connectivity index (χ4n) is 2.41. The van der Waals surface area contributed by atoms with E-state index < -0.39 is 6.10 Å². The normalized spacial score (nSPS) is 15.8. The number of nitrogens with zero attached hydrogens (tertiary/aromatic N) is 1. The van der Waals surface area contributed by atoms with Crippen molar-refractivity contribution in [1.82, 2.24) is 4.90 Å². The molecule has 1 aliphatic carbocycles. The number of hydrogen-bond acceptors (Lipinski definition) is 5. The molecule has 0 bridgehead atoms. The van der Waals surface area contributed by atoms with Crippen LogP contribution >= 0.6 is 0 Å². The van der Waals surface area contributed by atoms with E-state index in [0.29, 0.717) is 30.3 Å². The average Bonchev–Trinajstić information content (AvgIpc) is 3.29. The minimum atomic E-state index is -0.619. The summed E-state index contributed by atoms with van der Waals surface area (Å²) in [6.45, 7) is 3.78. The number of Topliss-reactive ketones (excluding diaryl/α,β-unsaturated/α-hetero) is 1. The van der Waals surface area contributed by atoms with Gasteiger partial charge >= 0.3 is 0 Å². The molecular formula is C17H25NO4. The Kier molecular flexibility index (Phi) is 6.36. The molecule has 1 aromatic rings. The smallest absolute Gasteiger partial charge is 0.159 e. The maximum Gasteiger partial charge on any atom is 0.159 e. The maximum atomic E-state index is 11.3. The second-order valence-corrected chi connectivity index (χ2v) is 5.98. The Hall–Kier alpha value is -1.43. The summed E-state index contributed by atoms with van der Waals surface area (Å²) in [4.78, 5) is 13.4. The number of aliphatic hydroxyl groups excluding tert-OH is 2. The molecule has 122 valence electrons. The first-order valence-corrected chi connectivity index (χ1v) is 7.83. The van der Waals surface area contributed by atoms with Gasteiger partial charge in [0.25, 0.3) is 0 Å². The molecule has 0 aliphatic heterocycles. The summed E-state index contributed by atoms with van der Waals surface area (Å²) in [5.74, 6) is 1.29. The monoisotopic (exact) mass is 307 g/mol. The van der Waals surface area contributed by atoms with Crippen molar-refractivity contribution < 1.29 is 19.7 Å². The zero-order chi connectivity index (χ0) is 15.9. The van der Waals surface area contributed by atoms with Gasteiger partial charge in [-0.3, -0.25) is 9.69 Å². The van der Waals surface area contributed by atoms with Crippen molar-refractivity contribution >= 4 is 5.78 Å². The third-order valence-electron chi connectivity index (χ3n) is 3.78. The summed E-state index contributed by atoms with van der Waals surface area (Å²) in [7, 11) is 0. The number of rotatable bonds is 10. The molecule has 5 nitrogen and oxygen atoms in total. The average molecular weight is 307 g/mol. The number of aliphatic hydroxyl groups is 2. The van der Waals surface area contributed by atoms with Gasteiger partial charge in [-0.15, -0.1) is 0 Å². The molecule has 0 unspecified atom stereocenters. The first kappa shape index (κ1) is 16.9. The lowest BCUT2D eigenvalue weighted by molar-refractivity contribution is 0.0601. The van der Waals surface area contributed by atoms with Crippen LogP contribution in [0.1, 0.15) is 30.1 Å². The van der Waals surface area contributed by atoms with Gasteiger partial charge in [-0.25, -0.2) is 0 Å². The summed E-state index contributed by atoms with van der Waals surface area (Å²) in [5, 5.41) is 19.2. The van der Waals surface area contributed by atoms with Crippen molar-refractivity contribution in [3.8, 4) is 5.75 Å². The van der Waals surface area contributed by atoms with Crippen LogP contribution in [0.5, 0.6) is 5.75 Å². The minimum absolute atomic E-state index is 0.00967. The standard InChI is InChI=1S/C17H25NO4/c1-13(20)15-3-2-4-17(9-15)22-12-16(21)11-18(7-8-19)10-14-5-6-14/h2-4,9,14,16,19,21H,5-8,10-12H2,1H3/t16-/m0/s1. The molecule has 22 heavy (non-hydrogen) atoms. The Balaban J connectivity index is 1.79. The van der Waals surface area contributed by atoms with E-state index in [9.17, 15) is 9.90 Å². The summed E-state index contributed by atoms with van der Waals surface area (Å²) >= 11 is 0. The van der Waals surface area contributed by atoms with Gasteiger partial charge in [-0.05, 0) is 37.8 Å². The number of benzene rings is 1. The fourth-order valence-corrected chi connectivity index (χ4v) is 2.41. The highest BCUT2D eigenvalue weighted by Gasteiger charge is 2.25. The predicted octanol–water partition coefficient (Wildman–Crippen LogP) is 1.33. The molecular weight excluding hydrogens is 282 g/mol. The molecule has 0 aromatic heterocycles. The van der Waals surface area contributed by atoms with Crippen molar-refractivity contribution in [1.29, 1.82) is 0 Å². The van der Waals surface area contributed by atoms with Crippen LogP contribution in [-0.4, -0.2) is 59.8 Å². The molecule has 1 atom stereocenters. The Morgan fingerprint density at radius 3 is 2.86 bits per heavy atom. The zero-order valence-electron chi connectivity index (χ0n) is 13.1. The number of hydrogen-bond donors (Lipinski definition) is 2. The summed E-state index contributed by atoms with van der Waals surface area (Å²) in [6.07, 6.45) is 1.87. The highest BCUT2D eigenvalue weighted by molar-refractivity contribution is 5.94. The molecule has 1 fully saturated rings. The molecule has 0 saturated heterocycles. The van der Waals surface area contributed by atoms with E-state index in [1.54, 1.807) is 24.3 Å². The van der Waals surface area contributed by atoms with Gasteiger partial charge in [0.1, 0.15) is 18.5 Å². The van der Waals surface area contributed by atoms with Gasteiger partial charge in [0, 0.05) is 25.2 Å². The second-order valence-electron chi connectivity index (χ2n) is 5.98. The number of carbonyl (C=O) groups is 1. The van der Waals surface area contributed by atoms with E-state index in [1.165, 1.54) is 19.8 Å². The Bertz CT molecular complexity index is 487. The molecule has 1 saturated carbocycles. The lowest BCUT2D eigenvalue weighted by Crippen LogP contribution is -2.38. The van der Waals surface area contributed by atoms with Crippen molar-refractivity contribution in [3.63, 3.8) is 0 Å². The molecule has 1 aliphatic rings. The highest BCUT2D eigenvalue weighted by atomic mass is 16.5. The Morgan fingerprint density at radius 2 is 2.23 bits per heavy atom. The quantitative estimate of drug-likeness (QED) is 0.638. The third-order valence-corrected chi connectivity index (χ3v) is 3.78. The van der Waals surface area contributed by atoms with E-state index in [1.807, 2.05) is 0 Å². The van der Waals surface area contributed by atoms with Crippen LogP contribution in [0.15, 0.2) is 24.3 Å². The topological polar surface area (TPSA) is 70.0 Å². The van der Waals surface area contributed by atoms with Crippen LogP contribution in [0.3, 0.4) is 0 Å². The van der Waals surface area contributed by atoms with E-state index in [-0.39, 0.29) is 19.0 Å². The zero-order valence-corrected chi connectivity index (χ0v) is 13.1. The molecule has 0 spiro atoms. The van der Waals surface area contributed by atoms with E-state index in [2.05, 4.69) is 4.90 Å². The van der Waals surface area contributed by atoms with Gasteiger partial charge in [-0.2, -0.15) is 0 Å². The summed E-state index contributed by atoms with van der Waals surface area (Å²) < 4.78 is 5.57. The van der Waals surface area contributed by atoms with E-state index in [4.69, 9.17) is 9.84 Å². The summed E-state index contributed by atoms with van der Waals surface area (Å²) in [6, 6.07) is 6.97. The second kappa shape index (κ2) is 8.27. The first-order valence-electron chi connectivity index (χ1n) is 7.83. The van der Waals surface area contributed by atoms with Crippen molar-refractivity contribution in [2.24, 2.45) is 5.92 Å². The van der Waals surface area contributed by atoms with Gasteiger partial charge in [0.15, 0.2) is 5.78 Å². The van der Waals surface area contributed by atoms with Gasteiger partial charge in [0.2, 0.25) is 0 Å². The SMILES string of the molecule is CC(=O)c1cccc(OC[C@@H](O)CN(CCO)CC2CC2)c1. The van der Waals surface area contributed by atoms with Crippen LogP contribution in [0.25, 0.3) is 0 Å². The van der Waals surface area contributed by atoms with Crippen molar-refractivity contribution in [2.45, 2.75) is 25.9 Å². The largest absolute Gasteiger partial charge is 0.491 e. The first-order chi connectivity index (χ1) is 10.6. The number of ether oxygens (including phenoxy) is 1. The van der Waals surface area contributed by atoms with E-state index in [0.717, 1.165) is 6.54 Å². The van der Waals surface area contributed by atoms with Crippen molar-refractivity contribution in [2.75, 3.05) is 32.8 Å². The van der Waals surface area contributed by atoms with Crippen LogP contribution in [0.4, 0.5) is 0 Å². The highest BCUT2D eigenvalue weighted by Crippen LogP contribution is 2.29. The Morgan fingerprint density at radius 1 is 1.45 bits per heavy atom. The molecule has 0 amide bonds. The van der Waals surface area contributed by atoms with Crippen LogP contribution in [0.2, 0.25) is 0 Å². The third kappa shape index (κ3) is 5.75. The molecule has 0 radical (unpaired) electrons. The molecule has 5 heteroatoms. The predicted molar refractivity (Wildman–Crippen MR) is 84.2 cm³/mol. The van der Waals surface area contributed by atoms with E-state index >= 15 is 0 Å². The molecule has 2 N–H and O–H groups in total. The van der Waals surface area contributed by atoms with Gasteiger partial charge in [0.05, 0.1) is 6.61 Å². The molecule has 1 aromatic carbocycles. The van der Waals surface area contributed by atoms with Crippen molar-refractivity contribution in [3.05, 3.63) is 29.8 Å². The molecule has 0 heterocycles. The van der Waals surface area contributed by atoms with Crippen LogP contribution in [-0.2, 0) is 0 Å². The minimum Gasteiger partial charge on any atom is -0.491 e. The lowest BCUT2D eigenvalue weighted by atomic mass is 10.1.